The zero-order chi connectivity index (χ0) is 13.2. The van der Waals surface area contributed by atoms with Crippen LogP contribution in [0, 0.1) is 5.82 Å². The van der Waals surface area contributed by atoms with Crippen molar-refractivity contribution in [1.82, 2.24) is 0 Å². The summed E-state index contributed by atoms with van der Waals surface area (Å²) in [4.78, 5) is 0. The Kier molecular flexibility index (Phi) is 7.32. The molecule has 2 N–H and O–H groups in total. The molecule has 0 spiro atoms. The smallest absolute Gasteiger partial charge is 0.165 e. The van der Waals surface area contributed by atoms with E-state index < -0.39 is 0 Å². The van der Waals surface area contributed by atoms with Crippen LogP contribution in [-0.2, 0) is 16.0 Å². The van der Waals surface area contributed by atoms with Crippen molar-refractivity contribution in [2.24, 2.45) is 5.73 Å². The first-order valence-electron chi connectivity index (χ1n) is 5.96. The van der Waals surface area contributed by atoms with Crippen LogP contribution in [0.2, 0.25) is 0 Å². The van der Waals surface area contributed by atoms with Crippen LogP contribution in [0.1, 0.15) is 12.0 Å². The maximum absolute atomic E-state index is 13.5. The molecule has 4 nitrogen and oxygen atoms in total. The highest BCUT2D eigenvalue weighted by molar-refractivity contribution is 5.29. The second kappa shape index (κ2) is 8.85. The second-order valence-corrected chi connectivity index (χ2v) is 3.78. The van der Waals surface area contributed by atoms with Crippen LogP contribution in [0.5, 0.6) is 5.75 Å². The Morgan fingerprint density at radius 2 is 2.00 bits per heavy atom. The van der Waals surface area contributed by atoms with Gasteiger partial charge < -0.3 is 19.9 Å². The zero-order valence-electron chi connectivity index (χ0n) is 10.7. The monoisotopic (exact) mass is 257 g/mol. The van der Waals surface area contributed by atoms with E-state index >= 15 is 0 Å². The fraction of sp³-hybridized carbons (Fsp3) is 0.538. The Labute approximate surface area is 107 Å². The highest BCUT2D eigenvalue weighted by Crippen LogP contribution is 2.18. The van der Waals surface area contributed by atoms with Gasteiger partial charge in [-0.2, -0.15) is 0 Å². The van der Waals surface area contributed by atoms with Crippen molar-refractivity contribution in [2.45, 2.75) is 13.0 Å². The largest absolute Gasteiger partial charge is 0.490 e. The Hall–Kier alpha value is -1.17. The van der Waals surface area contributed by atoms with Gasteiger partial charge in [-0.1, -0.05) is 6.07 Å². The first-order valence-corrected chi connectivity index (χ1v) is 5.96. The van der Waals surface area contributed by atoms with Crippen molar-refractivity contribution in [3.8, 4) is 5.75 Å². The molecule has 0 unspecified atom stereocenters. The third-order valence-electron chi connectivity index (χ3n) is 2.35. The van der Waals surface area contributed by atoms with E-state index in [0.717, 1.165) is 5.56 Å². The summed E-state index contributed by atoms with van der Waals surface area (Å²) in [6.07, 6.45) is 0.710. The van der Waals surface area contributed by atoms with Crippen molar-refractivity contribution in [3.63, 3.8) is 0 Å². The van der Waals surface area contributed by atoms with Gasteiger partial charge >= 0.3 is 0 Å². The molecule has 0 bridgehead atoms. The van der Waals surface area contributed by atoms with E-state index in [4.69, 9.17) is 19.9 Å². The maximum Gasteiger partial charge on any atom is 0.165 e. The molecule has 0 heterocycles. The van der Waals surface area contributed by atoms with Crippen LogP contribution in [0.3, 0.4) is 0 Å². The second-order valence-electron chi connectivity index (χ2n) is 3.78. The van der Waals surface area contributed by atoms with Crippen molar-refractivity contribution >= 4 is 0 Å². The number of rotatable bonds is 9. The highest BCUT2D eigenvalue weighted by Gasteiger charge is 2.03. The van der Waals surface area contributed by atoms with Gasteiger partial charge in [0.1, 0.15) is 0 Å². The molecular formula is C13H20FNO3. The van der Waals surface area contributed by atoms with Gasteiger partial charge in [0.2, 0.25) is 0 Å². The predicted octanol–water partition coefficient (Wildman–Crippen LogP) is 1.72. The maximum atomic E-state index is 13.5. The summed E-state index contributed by atoms with van der Waals surface area (Å²) in [5.74, 6) is -0.123. The number of hydrogen-bond acceptors (Lipinski definition) is 4. The molecule has 0 aliphatic carbocycles. The number of methoxy groups -OCH3 is 1. The molecule has 18 heavy (non-hydrogen) atoms. The van der Waals surface area contributed by atoms with Crippen LogP contribution < -0.4 is 10.5 Å². The molecule has 0 saturated carbocycles. The van der Waals surface area contributed by atoms with E-state index in [1.807, 2.05) is 0 Å². The quantitative estimate of drug-likeness (QED) is 0.684. The van der Waals surface area contributed by atoms with Crippen molar-refractivity contribution < 1.29 is 18.6 Å². The summed E-state index contributed by atoms with van der Waals surface area (Å²) >= 11 is 0. The van der Waals surface area contributed by atoms with Crippen molar-refractivity contribution in [3.05, 3.63) is 29.6 Å². The molecule has 0 aliphatic rings. The summed E-state index contributed by atoms with van der Waals surface area (Å²) in [6.45, 7) is 2.47. The van der Waals surface area contributed by atoms with E-state index in [2.05, 4.69) is 0 Å². The van der Waals surface area contributed by atoms with Crippen molar-refractivity contribution in [1.29, 1.82) is 0 Å². The van der Waals surface area contributed by atoms with Gasteiger partial charge in [-0.05, 0) is 17.7 Å². The van der Waals surface area contributed by atoms with Gasteiger partial charge in [0.15, 0.2) is 11.6 Å². The predicted molar refractivity (Wildman–Crippen MR) is 67.1 cm³/mol. The molecule has 0 radical (unpaired) electrons. The van der Waals surface area contributed by atoms with Gasteiger partial charge in [-0.25, -0.2) is 4.39 Å². The fourth-order valence-electron chi connectivity index (χ4n) is 1.38. The Balaban J connectivity index is 2.19. The minimum Gasteiger partial charge on any atom is -0.490 e. The molecule has 0 saturated heterocycles. The Bertz CT molecular complexity index is 347. The van der Waals surface area contributed by atoms with E-state index in [0.29, 0.717) is 39.4 Å². The van der Waals surface area contributed by atoms with E-state index in [9.17, 15) is 4.39 Å². The first kappa shape index (κ1) is 14.9. The Morgan fingerprint density at radius 1 is 1.17 bits per heavy atom. The molecule has 1 rings (SSSR count). The number of hydrogen-bond donors (Lipinski definition) is 1. The van der Waals surface area contributed by atoms with Gasteiger partial charge in [0, 0.05) is 26.7 Å². The van der Waals surface area contributed by atoms with E-state index in [-0.39, 0.29) is 11.6 Å². The standard InChI is InChI=1S/C13H20FNO3/c1-16-7-8-17-5-2-6-18-13-4-3-11(10-15)9-12(13)14/h3-4,9H,2,5-8,10,15H2,1H3. The number of benzene rings is 1. The minimum atomic E-state index is -0.377. The molecule has 102 valence electrons. The minimum absolute atomic E-state index is 0.254. The van der Waals surface area contributed by atoms with Crippen LogP contribution in [-0.4, -0.2) is 33.5 Å². The third-order valence-corrected chi connectivity index (χ3v) is 2.35. The lowest BCUT2D eigenvalue weighted by molar-refractivity contribution is 0.0642. The Morgan fingerprint density at radius 3 is 2.67 bits per heavy atom. The topological polar surface area (TPSA) is 53.7 Å². The SMILES string of the molecule is COCCOCCCOc1ccc(CN)cc1F. The molecule has 0 fully saturated rings. The van der Waals surface area contributed by atoms with Crippen LogP contribution in [0.25, 0.3) is 0 Å². The fourth-order valence-corrected chi connectivity index (χ4v) is 1.38. The highest BCUT2D eigenvalue weighted by atomic mass is 19.1. The molecule has 1 aromatic rings. The summed E-state index contributed by atoms with van der Waals surface area (Å²) in [6, 6.07) is 4.75. The van der Waals surface area contributed by atoms with Gasteiger partial charge in [0.05, 0.1) is 19.8 Å². The first-order chi connectivity index (χ1) is 8.77. The van der Waals surface area contributed by atoms with Gasteiger partial charge in [0.25, 0.3) is 0 Å². The summed E-state index contributed by atoms with van der Waals surface area (Å²) in [5.41, 5.74) is 6.17. The molecule has 1 aromatic carbocycles. The lowest BCUT2D eigenvalue weighted by Crippen LogP contribution is -2.07. The number of ether oxygens (including phenoxy) is 3. The van der Waals surface area contributed by atoms with Gasteiger partial charge in [-0.3, -0.25) is 0 Å². The summed E-state index contributed by atoms with van der Waals surface area (Å²) < 4.78 is 28.9. The molecule has 0 amide bonds. The van der Waals surface area contributed by atoms with Crippen LogP contribution in [0.15, 0.2) is 18.2 Å². The van der Waals surface area contributed by atoms with E-state index in [1.165, 1.54) is 6.07 Å². The van der Waals surface area contributed by atoms with Crippen molar-refractivity contribution in [2.75, 3.05) is 33.5 Å². The third kappa shape index (κ3) is 5.44. The average Bonchev–Trinajstić information content (AvgIpc) is 2.39. The lowest BCUT2D eigenvalue weighted by atomic mass is 10.2. The molecule has 0 aliphatic heterocycles. The average molecular weight is 257 g/mol. The summed E-state index contributed by atoms with van der Waals surface area (Å²) in [7, 11) is 1.63. The summed E-state index contributed by atoms with van der Waals surface area (Å²) in [5, 5.41) is 0. The molecule has 0 atom stereocenters. The lowest BCUT2D eigenvalue weighted by Gasteiger charge is -2.08. The molecule has 0 aromatic heterocycles. The zero-order valence-corrected chi connectivity index (χ0v) is 10.7. The van der Waals surface area contributed by atoms with E-state index in [1.54, 1.807) is 19.2 Å². The molecular weight excluding hydrogens is 237 g/mol. The normalized spacial score (nSPS) is 10.6. The number of halogens is 1. The number of nitrogens with two attached hydrogens (primary N) is 1. The molecule has 5 heteroatoms. The van der Waals surface area contributed by atoms with Crippen LogP contribution >= 0.6 is 0 Å². The van der Waals surface area contributed by atoms with Gasteiger partial charge in [-0.15, -0.1) is 0 Å². The van der Waals surface area contributed by atoms with Crippen LogP contribution in [0.4, 0.5) is 4.39 Å².